The highest BCUT2D eigenvalue weighted by molar-refractivity contribution is 7.99. The topological polar surface area (TPSA) is 15.3 Å². The van der Waals surface area contributed by atoms with E-state index in [-0.39, 0.29) is 0 Å². The van der Waals surface area contributed by atoms with Gasteiger partial charge in [0.05, 0.1) is 0 Å². The molecule has 1 N–H and O–H groups in total. The fourth-order valence-corrected chi connectivity index (χ4v) is 4.01. The number of hydrogen-bond donors (Lipinski definition) is 1. The summed E-state index contributed by atoms with van der Waals surface area (Å²) in [5.74, 6) is 3.18. The largest absolute Gasteiger partial charge is 0.313 e. The molecule has 2 atom stereocenters. The van der Waals surface area contributed by atoms with Crippen molar-refractivity contribution < 1.29 is 0 Å². The second kappa shape index (κ2) is 7.17. The predicted molar refractivity (Wildman–Crippen MR) is 93.1 cm³/mol. The van der Waals surface area contributed by atoms with Gasteiger partial charge in [0.25, 0.3) is 0 Å². The van der Waals surface area contributed by atoms with Gasteiger partial charge in [-0.05, 0) is 36.8 Å². The highest BCUT2D eigenvalue weighted by Gasteiger charge is 2.21. The first-order valence-electron chi connectivity index (χ1n) is 8.36. The monoisotopic (exact) mass is 304 g/mol. The van der Waals surface area contributed by atoms with E-state index in [1.165, 1.54) is 42.0 Å². The Morgan fingerprint density at radius 1 is 1.29 bits per heavy atom. The number of rotatable bonds is 6. The lowest BCUT2D eigenvalue weighted by atomic mass is 9.99. The summed E-state index contributed by atoms with van der Waals surface area (Å²) in [5, 5.41) is 3.63. The van der Waals surface area contributed by atoms with Gasteiger partial charge in [-0.2, -0.15) is 11.8 Å². The molecule has 0 radical (unpaired) electrons. The van der Waals surface area contributed by atoms with Crippen LogP contribution in [0.3, 0.4) is 0 Å². The molecule has 1 saturated heterocycles. The molecule has 1 aromatic rings. The summed E-state index contributed by atoms with van der Waals surface area (Å²) in [4.78, 5) is 2.61. The van der Waals surface area contributed by atoms with E-state index in [0.717, 1.165) is 19.1 Å². The molecule has 2 aliphatic rings. The van der Waals surface area contributed by atoms with Crippen LogP contribution >= 0.6 is 11.8 Å². The number of nitrogens with zero attached hydrogens (tertiary/aromatic N) is 1. The molecule has 1 aliphatic heterocycles. The third kappa shape index (κ3) is 4.48. The van der Waals surface area contributed by atoms with Crippen LogP contribution < -0.4 is 5.32 Å². The quantitative estimate of drug-likeness (QED) is 0.866. The van der Waals surface area contributed by atoms with Gasteiger partial charge in [0.1, 0.15) is 0 Å². The second-order valence-corrected chi connectivity index (χ2v) is 7.87. The van der Waals surface area contributed by atoms with Crippen molar-refractivity contribution in [2.45, 2.75) is 51.2 Å². The summed E-state index contributed by atoms with van der Waals surface area (Å²) in [7, 11) is 0. The van der Waals surface area contributed by atoms with Crippen LogP contribution in [-0.4, -0.2) is 41.6 Å². The van der Waals surface area contributed by atoms with Crippen molar-refractivity contribution in [2.75, 3.05) is 24.6 Å². The Morgan fingerprint density at radius 2 is 2.05 bits per heavy atom. The Morgan fingerprint density at radius 3 is 2.71 bits per heavy atom. The van der Waals surface area contributed by atoms with Crippen molar-refractivity contribution in [1.29, 1.82) is 0 Å². The zero-order valence-electron chi connectivity index (χ0n) is 13.3. The predicted octanol–water partition coefficient (Wildman–Crippen LogP) is 3.48. The maximum atomic E-state index is 3.63. The summed E-state index contributed by atoms with van der Waals surface area (Å²) < 4.78 is 0. The molecule has 1 aliphatic carbocycles. The van der Waals surface area contributed by atoms with Crippen LogP contribution in [0.1, 0.15) is 43.7 Å². The Hall–Kier alpha value is -0.510. The normalized spacial score (nSPS) is 25.0. The van der Waals surface area contributed by atoms with Crippen LogP contribution in [-0.2, 0) is 6.54 Å². The fourth-order valence-electron chi connectivity index (χ4n) is 2.93. The average Bonchev–Trinajstić information content (AvgIpc) is 3.32. The first-order chi connectivity index (χ1) is 10.2. The number of thioether (sulfide) groups is 1. The van der Waals surface area contributed by atoms with Crippen molar-refractivity contribution in [3.8, 4) is 0 Å². The minimum Gasteiger partial charge on any atom is -0.313 e. The SMILES string of the molecule is CC(CNC1CC1)c1ccc(CN2CCSCC2C)cc1. The lowest BCUT2D eigenvalue weighted by Gasteiger charge is -2.33. The van der Waals surface area contributed by atoms with Gasteiger partial charge >= 0.3 is 0 Å². The van der Waals surface area contributed by atoms with Crippen LogP contribution in [0.4, 0.5) is 0 Å². The van der Waals surface area contributed by atoms with Crippen molar-refractivity contribution >= 4 is 11.8 Å². The summed E-state index contributed by atoms with van der Waals surface area (Å²) in [6.07, 6.45) is 2.75. The molecule has 1 aromatic carbocycles. The molecule has 2 unspecified atom stereocenters. The first-order valence-corrected chi connectivity index (χ1v) is 9.52. The molecule has 0 spiro atoms. The van der Waals surface area contributed by atoms with Crippen molar-refractivity contribution in [3.63, 3.8) is 0 Å². The van der Waals surface area contributed by atoms with Crippen molar-refractivity contribution in [2.24, 2.45) is 0 Å². The standard InChI is InChI=1S/C18H28N2S/c1-14(11-19-18-7-8-18)17-5-3-16(4-6-17)12-20-9-10-21-13-15(20)2/h3-6,14-15,18-19H,7-13H2,1-2H3. The summed E-state index contributed by atoms with van der Waals surface area (Å²) in [6.45, 7) is 8.14. The number of hydrogen-bond acceptors (Lipinski definition) is 3. The van der Waals surface area contributed by atoms with E-state index in [4.69, 9.17) is 0 Å². The van der Waals surface area contributed by atoms with Gasteiger partial charge in [0.15, 0.2) is 0 Å². The molecule has 1 heterocycles. The molecular formula is C18H28N2S. The van der Waals surface area contributed by atoms with E-state index in [2.05, 4.69) is 60.1 Å². The van der Waals surface area contributed by atoms with Crippen LogP contribution in [0.15, 0.2) is 24.3 Å². The summed E-state index contributed by atoms with van der Waals surface area (Å²) in [6, 6.07) is 10.8. The Labute approximate surface area is 133 Å². The van der Waals surface area contributed by atoms with Crippen LogP contribution in [0.5, 0.6) is 0 Å². The van der Waals surface area contributed by atoms with Crippen molar-refractivity contribution in [3.05, 3.63) is 35.4 Å². The molecule has 3 heteroatoms. The molecule has 0 aromatic heterocycles. The smallest absolute Gasteiger partial charge is 0.0237 e. The Balaban J connectivity index is 1.52. The van der Waals surface area contributed by atoms with Crippen molar-refractivity contribution in [1.82, 2.24) is 10.2 Å². The Bertz CT molecular complexity index is 441. The Kier molecular flexibility index (Phi) is 5.25. The molecule has 116 valence electrons. The molecule has 0 amide bonds. The van der Waals surface area contributed by atoms with E-state index in [1.54, 1.807) is 0 Å². The zero-order chi connectivity index (χ0) is 14.7. The van der Waals surface area contributed by atoms with E-state index in [0.29, 0.717) is 12.0 Å². The number of nitrogens with one attached hydrogen (secondary N) is 1. The fraction of sp³-hybridized carbons (Fsp3) is 0.667. The molecule has 2 nitrogen and oxygen atoms in total. The average molecular weight is 305 g/mol. The maximum Gasteiger partial charge on any atom is 0.0237 e. The van der Waals surface area contributed by atoms with Gasteiger partial charge in [-0.25, -0.2) is 0 Å². The second-order valence-electron chi connectivity index (χ2n) is 6.72. The third-order valence-corrected chi connectivity index (χ3v) is 5.92. The number of benzene rings is 1. The minimum absolute atomic E-state index is 0.616. The third-order valence-electron chi connectivity index (χ3n) is 4.73. The molecule has 2 fully saturated rings. The van der Waals surface area contributed by atoms with E-state index in [1.807, 2.05) is 0 Å². The summed E-state index contributed by atoms with van der Waals surface area (Å²) in [5.41, 5.74) is 2.93. The maximum absolute atomic E-state index is 3.63. The molecule has 3 rings (SSSR count). The van der Waals surface area contributed by atoms with E-state index >= 15 is 0 Å². The van der Waals surface area contributed by atoms with E-state index < -0.39 is 0 Å². The summed E-state index contributed by atoms with van der Waals surface area (Å²) >= 11 is 2.09. The zero-order valence-corrected chi connectivity index (χ0v) is 14.2. The van der Waals surface area contributed by atoms with Gasteiger partial charge in [-0.15, -0.1) is 0 Å². The van der Waals surface area contributed by atoms with Gasteiger partial charge in [0.2, 0.25) is 0 Å². The van der Waals surface area contributed by atoms with Crippen LogP contribution in [0, 0.1) is 0 Å². The molecular weight excluding hydrogens is 276 g/mol. The lowest BCUT2D eigenvalue weighted by Crippen LogP contribution is -2.39. The first kappa shape index (κ1) is 15.4. The lowest BCUT2D eigenvalue weighted by molar-refractivity contribution is 0.224. The van der Waals surface area contributed by atoms with Gasteiger partial charge in [-0.3, -0.25) is 4.90 Å². The van der Waals surface area contributed by atoms with E-state index in [9.17, 15) is 0 Å². The molecule has 1 saturated carbocycles. The highest BCUT2D eigenvalue weighted by atomic mass is 32.2. The van der Waals surface area contributed by atoms with Gasteiger partial charge in [-0.1, -0.05) is 31.2 Å². The van der Waals surface area contributed by atoms with Crippen LogP contribution in [0.25, 0.3) is 0 Å². The molecule has 21 heavy (non-hydrogen) atoms. The minimum atomic E-state index is 0.616. The van der Waals surface area contributed by atoms with Crippen LogP contribution in [0.2, 0.25) is 0 Å². The van der Waals surface area contributed by atoms with Gasteiger partial charge < -0.3 is 5.32 Å². The molecule has 0 bridgehead atoms. The highest BCUT2D eigenvalue weighted by Crippen LogP contribution is 2.22. The van der Waals surface area contributed by atoms with Gasteiger partial charge in [0, 0.05) is 43.2 Å².